The first-order valence-electron chi connectivity index (χ1n) is 4.37. The van der Waals surface area contributed by atoms with Crippen molar-refractivity contribution in [3.8, 4) is 6.07 Å². The number of hydrogen-bond donors (Lipinski definition) is 1. The highest BCUT2D eigenvalue weighted by Crippen LogP contribution is 2.09. The summed E-state index contributed by atoms with van der Waals surface area (Å²) in [5.74, 6) is 0. The minimum atomic E-state index is 0.429. The highest BCUT2D eigenvalue weighted by Gasteiger charge is 1.99. The first-order chi connectivity index (χ1) is 6.36. The summed E-state index contributed by atoms with van der Waals surface area (Å²) in [6.45, 7) is 3.97. The van der Waals surface area contributed by atoms with Gasteiger partial charge in [-0.05, 0) is 13.0 Å². The first-order valence-corrected chi connectivity index (χ1v) is 5.25. The molecular weight excluding hydrogens is 182 g/mol. The van der Waals surface area contributed by atoms with Crippen molar-refractivity contribution in [1.29, 1.82) is 5.26 Å². The Morgan fingerprint density at radius 3 is 3.23 bits per heavy atom. The van der Waals surface area contributed by atoms with Crippen molar-refractivity contribution in [1.82, 2.24) is 10.3 Å². The number of nitrogens with zero attached hydrogens (tertiary/aromatic N) is 2. The van der Waals surface area contributed by atoms with E-state index in [0.717, 1.165) is 30.2 Å². The quantitative estimate of drug-likeness (QED) is 0.728. The van der Waals surface area contributed by atoms with E-state index in [1.807, 2.05) is 5.38 Å². The summed E-state index contributed by atoms with van der Waals surface area (Å²) in [4.78, 5) is 4.31. The number of rotatable bonds is 5. The fourth-order valence-corrected chi connectivity index (χ4v) is 1.70. The van der Waals surface area contributed by atoms with E-state index in [9.17, 15) is 0 Å². The molecule has 0 spiro atoms. The van der Waals surface area contributed by atoms with E-state index in [2.05, 4.69) is 23.3 Å². The van der Waals surface area contributed by atoms with Crippen molar-refractivity contribution in [3.63, 3.8) is 0 Å². The Bertz CT molecular complexity index is 287. The van der Waals surface area contributed by atoms with Crippen LogP contribution in [0.4, 0.5) is 0 Å². The van der Waals surface area contributed by atoms with Gasteiger partial charge in [-0.15, -0.1) is 11.3 Å². The van der Waals surface area contributed by atoms with Gasteiger partial charge in [0, 0.05) is 11.9 Å². The van der Waals surface area contributed by atoms with Gasteiger partial charge < -0.3 is 5.32 Å². The standard InChI is InChI=1S/C9H13N3S/c1-2-5-11-6-8-7-13-9(12-8)3-4-10/h7,11H,2-3,5-6H2,1H3. The topological polar surface area (TPSA) is 48.7 Å². The maximum absolute atomic E-state index is 8.44. The summed E-state index contributed by atoms with van der Waals surface area (Å²) in [5.41, 5.74) is 1.05. The fourth-order valence-electron chi connectivity index (χ4n) is 0.972. The molecule has 0 bridgehead atoms. The molecule has 1 aromatic heterocycles. The van der Waals surface area contributed by atoms with E-state index in [-0.39, 0.29) is 0 Å². The van der Waals surface area contributed by atoms with Gasteiger partial charge in [0.2, 0.25) is 0 Å². The molecule has 70 valence electrons. The average Bonchev–Trinajstić information content (AvgIpc) is 2.54. The van der Waals surface area contributed by atoms with Crippen LogP contribution in [0.2, 0.25) is 0 Å². The van der Waals surface area contributed by atoms with E-state index >= 15 is 0 Å². The molecule has 0 saturated heterocycles. The molecule has 0 amide bonds. The lowest BCUT2D eigenvalue weighted by Crippen LogP contribution is -2.13. The molecule has 1 rings (SSSR count). The van der Waals surface area contributed by atoms with Gasteiger partial charge in [-0.2, -0.15) is 5.26 Å². The Hall–Kier alpha value is -0.920. The Balaban J connectivity index is 2.36. The third-order valence-electron chi connectivity index (χ3n) is 1.56. The molecule has 0 aromatic carbocycles. The number of thiazole rings is 1. The van der Waals surface area contributed by atoms with Crippen LogP contribution in [0.1, 0.15) is 24.0 Å². The molecule has 4 heteroatoms. The molecule has 0 aliphatic carbocycles. The second kappa shape index (κ2) is 5.68. The maximum atomic E-state index is 8.44. The van der Waals surface area contributed by atoms with Crippen LogP contribution in [0.15, 0.2) is 5.38 Å². The predicted molar refractivity (Wildman–Crippen MR) is 53.4 cm³/mol. The fraction of sp³-hybridized carbons (Fsp3) is 0.556. The van der Waals surface area contributed by atoms with Gasteiger partial charge in [-0.3, -0.25) is 0 Å². The van der Waals surface area contributed by atoms with E-state index in [4.69, 9.17) is 5.26 Å². The number of aromatic nitrogens is 1. The Kier molecular flexibility index (Phi) is 4.44. The van der Waals surface area contributed by atoms with Crippen molar-refractivity contribution in [2.45, 2.75) is 26.3 Å². The SMILES string of the molecule is CCCNCc1csc(CC#N)n1. The van der Waals surface area contributed by atoms with E-state index < -0.39 is 0 Å². The van der Waals surface area contributed by atoms with Gasteiger partial charge in [0.05, 0.1) is 18.2 Å². The molecule has 0 saturated carbocycles. The summed E-state index contributed by atoms with van der Waals surface area (Å²) in [5, 5.41) is 14.6. The second-order valence-corrected chi connectivity index (χ2v) is 3.69. The van der Waals surface area contributed by atoms with E-state index in [1.54, 1.807) is 11.3 Å². The van der Waals surface area contributed by atoms with Gasteiger partial charge in [0.25, 0.3) is 0 Å². The average molecular weight is 195 g/mol. The molecule has 1 aromatic rings. The highest BCUT2D eigenvalue weighted by atomic mass is 32.1. The monoisotopic (exact) mass is 195 g/mol. The Morgan fingerprint density at radius 1 is 1.69 bits per heavy atom. The minimum absolute atomic E-state index is 0.429. The van der Waals surface area contributed by atoms with Crippen molar-refractivity contribution >= 4 is 11.3 Å². The van der Waals surface area contributed by atoms with Crippen LogP contribution >= 0.6 is 11.3 Å². The molecule has 0 aliphatic rings. The van der Waals surface area contributed by atoms with Gasteiger partial charge >= 0.3 is 0 Å². The number of nitrogens with one attached hydrogen (secondary N) is 1. The van der Waals surface area contributed by atoms with Crippen LogP contribution in [0.5, 0.6) is 0 Å². The van der Waals surface area contributed by atoms with Crippen LogP contribution in [0.3, 0.4) is 0 Å². The van der Waals surface area contributed by atoms with Gasteiger partial charge in [-0.1, -0.05) is 6.92 Å². The predicted octanol–water partition coefficient (Wildman–Crippen LogP) is 1.71. The molecular formula is C9H13N3S. The van der Waals surface area contributed by atoms with Crippen molar-refractivity contribution in [2.24, 2.45) is 0 Å². The zero-order chi connectivity index (χ0) is 9.52. The summed E-state index contributed by atoms with van der Waals surface area (Å²) in [6.07, 6.45) is 1.56. The van der Waals surface area contributed by atoms with Crippen LogP contribution in [-0.4, -0.2) is 11.5 Å². The molecule has 1 N–H and O–H groups in total. The van der Waals surface area contributed by atoms with Crippen LogP contribution < -0.4 is 5.32 Å². The molecule has 0 fully saturated rings. The second-order valence-electron chi connectivity index (χ2n) is 2.74. The number of nitriles is 1. The zero-order valence-corrected chi connectivity index (χ0v) is 8.52. The molecule has 0 unspecified atom stereocenters. The van der Waals surface area contributed by atoms with Gasteiger partial charge in [-0.25, -0.2) is 4.98 Å². The Labute approximate surface area is 82.4 Å². The minimum Gasteiger partial charge on any atom is -0.311 e. The van der Waals surface area contributed by atoms with Crippen molar-refractivity contribution in [2.75, 3.05) is 6.54 Å². The third kappa shape index (κ3) is 3.53. The molecule has 0 atom stereocenters. The first kappa shape index (κ1) is 10.2. The zero-order valence-electron chi connectivity index (χ0n) is 7.71. The summed E-state index contributed by atoms with van der Waals surface area (Å²) in [6, 6.07) is 2.09. The van der Waals surface area contributed by atoms with Crippen LogP contribution in [0.25, 0.3) is 0 Å². The largest absolute Gasteiger partial charge is 0.311 e. The summed E-state index contributed by atoms with van der Waals surface area (Å²) >= 11 is 1.56. The molecule has 0 aliphatic heterocycles. The van der Waals surface area contributed by atoms with E-state index in [1.165, 1.54) is 0 Å². The van der Waals surface area contributed by atoms with Gasteiger partial charge in [0.1, 0.15) is 5.01 Å². The normalized spacial score (nSPS) is 9.85. The summed E-state index contributed by atoms with van der Waals surface area (Å²) in [7, 11) is 0. The highest BCUT2D eigenvalue weighted by molar-refractivity contribution is 7.09. The Morgan fingerprint density at radius 2 is 2.54 bits per heavy atom. The summed E-state index contributed by atoms with van der Waals surface area (Å²) < 4.78 is 0. The lowest BCUT2D eigenvalue weighted by Gasteiger charge is -1.97. The molecule has 3 nitrogen and oxygen atoms in total. The van der Waals surface area contributed by atoms with Crippen LogP contribution in [-0.2, 0) is 13.0 Å². The molecule has 13 heavy (non-hydrogen) atoms. The van der Waals surface area contributed by atoms with Gasteiger partial charge in [0.15, 0.2) is 0 Å². The molecule has 1 heterocycles. The number of hydrogen-bond acceptors (Lipinski definition) is 4. The third-order valence-corrected chi connectivity index (χ3v) is 2.46. The van der Waals surface area contributed by atoms with Crippen molar-refractivity contribution < 1.29 is 0 Å². The molecule has 0 radical (unpaired) electrons. The lowest BCUT2D eigenvalue weighted by atomic mass is 10.4. The smallest absolute Gasteiger partial charge is 0.107 e. The van der Waals surface area contributed by atoms with Crippen LogP contribution in [0, 0.1) is 11.3 Å². The van der Waals surface area contributed by atoms with E-state index in [0.29, 0.717) is 6.42 Å². The maximum Gasteiger partial charge on any atom is 0.107 e. The lowest BCUT2D eigenvalue weighted by molar-refractivity contribution is 0.666. The van der Waals surface area contributed by atoms with Crippen molar-refractivity contribution in [3.05, 3.63) is 16.1 Å².